The summed E-state index contributed by atoms with van der Waals surface area (Å²) >= 11 is 1.65. The molecular formula is C13H19N3OS. The second-order valence-corrected chi connectivity index (χ2v) is 6.00. The highest BCUT2D eigenvalue weighted by atomic mass is 32.1. The number of aromatic nitrogens is 1. The van der Waals surface area contributed by atoms with E-state index in [0.717, 1.165) is 26.6 Å². The number of nitrogens with zero attached hydrogens (tertiary/aromatic N) is 1. The predicted octanol–water partition coefficient (Wildman–Crippen LogP) is 2.76. The van der Waals surface area contributed by atoms with E-state index in [2.05, 4.69) is 10.3 Å². The number of nitrogen functional groups attached to an aromatic ring is 1. The van der Waals surface area contributed by atoms with Gasteiger partial charge in [-0.1, -0.05) is 0 Å². The quantitative estimate of drug-likeness (QED) is 0.743. The molecule has 0 amide bonds. The first-order valence-electron chi connectivity index (χ1n) is 6.07. The van der Waals surface area contributed by atoms with Crippen molar-refractivity contribution in [3.8, 4) is 0 Å². The number of aryl methyl sites for hydroxylation is 1. The maximum Gasteiger partial charge on any atom is 0.0907 e. The lowest BCUT2D eigenvalue weighted by atomic mass is 10.1. The Morgan fingerprint density at radius 2 is 2.17 bits per heavy atom. The summed E-state index contributed by atoms with van der Waals surface area (Å²) in [5, 5.41) is 13.7. The molecule has 0 aliphatic heterocycles. The van der Waals surface area contributed by atoms with Crippen LogP contribution in [0, 0.1) is 6.92 Å². The maximum absolute atomic E-state index is 9.36. The number of aliphatic hydroxyl groups is 1. The molecule has 2 rings (SSSR count). The zero-order chi connectivity index (χ0) is 13.3. The van der Waals surface area contributed by atoms with Gasteiger partial charge < -0.3 is 16.2 Å². The van der Waals surface area contributed by atoms with E-state index in [1.54, 1.807) is 18.3 Å². The first-order valence-corrected chi connectivity index (χ1v) is 6.88. The van der Waals surface area contributed by atoms with Crippen LogP contribution in [0.1, 0.15) is 25.3 Å². The van der Waals surface area contributed by atoms with Crippen LogP contribution in [-0.4, -0.2) is 22.2 Å². The molecule has 2 aromatic rings. The Balaban J connectivity index is 2.24. The molecule has 0 aliphatic rings. The van der Waals surface area contributed by atoms with Crippen molar-refractivity contribution in [1.82, 2.24) is 4.98 Å². The first kappa shape index (κ1) is 13.1. The summed E-state index contributed by atoms with van der Waals surface area (Å²) in [6, 6.07) is 4.11. The zero-order valence-corrected chi connectivity index (χ0v) is 11.7. The molecule has 1 aromatic heterocycles. The summed E-state index contributed by atoms with van der Waals surface area (Å²) in [5.41, 5.74) is 8.61. The molecule has 2 unspecified atom stereocenters. The SMILES string of the molecule is Cc1nc2cc(NC(C)CC(C)O)c(N)cc2s1. The summed E-state index contributed by atoms with van der Waals surface area (Å²) < 4.78 is 1.11. The van der Waals surface area contributed by atoms with Gasteiger partial charge in [0.05, 0.1) is 32.7 Å². The van der Waals surface area contributed by atoms with Gasteiger partial charge in [0.1, 0.15) is 0 Å². The molecule has 98 valence electrons. The topological polar surface area (TPSA) is 71.2 Å². The number of hydrogen-bond acceptors (Lipinski definition) is 5. The van der Waals surface area contributed by atoms with Crippen molar-refractivity contribution in [2.75, 3.05) is 11.1 Å². The minimum atomic E-state index is -0.320. The van der Waals surface area contributed by atoms with Gasteiger partial charge in [0.15, 0.2) is 0 Å². The van der Waals surface area contributed by atoms with Crippen molar-refractivity contribution in [3.05, 3.63) is 17.1 Å². The van der Waals surface area contributed by atoms with E-state index in [1.165, 1.54) is 0 Å². The van der Waals surface area contributed by atoms with E-state index in [0.29, 0.717) is 6.42 Å². The molecule has 4 nitrogen and oxygen atoms in total. The number of benzene rings is 1. The number of thiazole rings is 1. The molecule has 0 saturated heterocycles. The van der Waals surface area contributed by atoms with Crippen molar-refractivity contribution in [2.24, 2.45) is 0 Å². The molecule has 2 atom stereocenters. The molecule has 0 fully saturated rings. The monoisotopic (exact) mass is 265 g/mol. The lowest BCUT2D eigenvalue weighted by molar-refractivity contribution is 0.179. The number of nitrogens with two attached hydrogens (primary N) is 1. The van der Waals surface area contributed by atoms with Gasteiger partial charge in [-0.2, -0.15) is 0 Å². The van der Waals surface area contributed by atoms with E-state index < -0.39 is 0 Å². The third-order valence-corrected chi connectivity index (χ3v) is 3.70. The van der Waals surface area contributed by atoms with Gasteiger partial charge in [-0.15, -0.1) is 11.3 Å². The number of anilines is 2. The van der Waals surface area contributed by atoms with Gasteiger partial charge in [-0.25, -0.2) is 4.98 Å². The van der Waals surface area contributed by atoms with Crippen LogP contribution in [0.2, 0.25) is 0 Å². The fourth-order valence-corrected chi connectivity index (χ4v) is 2.92. The fraction of sp³-hybridized carbons (Fsp3) is 0.462. The number of rotatable bonds is 4. The first-order chi connectivity index (χ1) is 8.45. The molecule has 0 saturated carbocycles. The van der Waals surface area contributed by atoms with Crippen LogP contribution in [-0.2, 0) is 0 Å². The Morgan fingerprint density at radius 1 is 1.44 bits per heavy atom. The van der Waals surface area contributed by atoms with Crippen molar-refractivity contribution in [3.63, 3.8) is 0 Å². The highest BCUT2D eigenvalue weighted by Gasteiger charge is 2.10. The summed E-state index contributed by atoms with van der Waals surface area (Å²) in [6.45, 7) is 5.81. The highest BCUT2D eigenvalue weighted by Crippen LogP contribution is 2.30. The number of hydrogen-bond donors (Lipinski definition) is 3. The van der Waals surface area contributed by atoms with Crippen LogP contribution in [0.25, 0.3) is 10.2 Å². The molecule has 0 spiro atoms. The Hall–Kier alpha value is -1.33. The van der Waals surface area contributed by atoms with Gasteiger partial charge in [0.2, 0.25) is 0 Å². The second kappa shape index (κ2) is 5.12. The second-order valence-electron chi connectivity index (χ2n) is 4.77. The van der Waals surface area contributed by atoms with Crippen molar-refractivity contribution in [2.45, 2.75) is 39.3 Å². The zero-order valence-electron chi connectivity index (χ0n) is 10.9. The molecule has 0 aliphatic carbocycles. The van der Waals surface area contributed by atoms with Crippen LogP contribution in [0.4, 0.5) is 11.4 Å². The van der Waals surface area contributed by atoms with E-state index >= 15 is 0 Å². The fourth-order valence-electron chi connectivity index (χ4n) is 2.07. The minimum absolute atomic E-state index is 0.171. The van der Waals surface area contributed by atoms with Gasteiger partial charge in [-0.3, -0.25) is 0 Å². The van der Waals surface area contributed by atoms with Gasteiger partial charge in [0.25, 0.3) is 0 Å². The molecule has 1 aromatic carbocycles. The number of nitrogens with one attached hydrogen (secondary N) is 1. The minimum Gasteiger partial charge on any atom is -0.397 e. The Labute approximate surface area is 111 Å². The van der Waals surface area contributed by atoms with Crippen molar-refractivity contribution < 1.29 is 5.11 Å². The van der Waals surface area contributed by atoms with Crippen LogP contribution in [0.3, 0.4) is 0 Å². The van der Waals surface area contributed by atoms with Gasteiger partial charge in [0, 0.05) is 6.04 Å². The van der Waals surface area contributed by atoms with Crippen LogP contribution in [0.15, 0.2) is 12.1 Å². The van der Waals surface area contributed by atoms with Gasteiger partial charge >= 0.3 is 0 Å². The van der Waals surface area contributed by atoms with E-state index in [1.807, 2.05) is 26.0 Å². The summed E-state index contributed by atoms with van der Waals surface area (Å²) in [5.74, 6) is 0. The Bertz CT molecular complexity index is 550. The number of fused-ring (bicyclic) bond motifs is 1. The number of aliphatic hydroxyl groups excluding tert-OH is 1. The molecule has 4 N–H and O–H groups in total. The van der Waals surface area contributed by atoms with E-state index in [9.17, 15) is 5.11 Å². The average molecular weight is 265 g/mol. The normalized spacial score (nSPS) is 14.7. The van der Waals surface area contributed by atoms with Gasteiger partial charge in [-0.05, 0) is 39.3 Å². The smallest absolute Gasteiger partial charge is 0.0907 e. The lowest BCUT2D eigenvalue weighted by Gasteiger charge is -2.18. The van der Waals surface area contributed by atoms with Crippen molar-refractivity contribution >= 4 is 32.9 Å². The maximum atomic E-state index is 9.36. The molecule has 18 heavy (non-hydrogen) atoms. The predicted molar refractivity (Wildman–Crippen MR) is 78.2 cm³/mol. The van der Waals surface area contributed by atoms with Crippen molar-refractivity contribution in [1.29, 1.82) is 0 Å². The summed E-state index contributed by atoms with van der Waals surface area (Å²) in [6.07, 6.45) is 0.368. The summed E-state index contributed by atoms with van der Waals surface area (Å²) in [4.78, 5) is 4.46. The molecule has 0 radical (unpaired) electrons. The molecular weight excluding hydrogens is 246 g/mol. The van der Waals surface area contributed by atoms with E-state index in [4.69, 9.17) is 5.73 Å². The standard InChI is InChI=1S/C13H19N3OS/c1-7(4-8(2)17)15-11-6-12-13(5-10(11)14)18-9(3)16-12/h5-8,15,17H,4,14H2,1-3H3. The third-order valence-electron chi connectivity index (χ3n) is 2.76. The van der Waals surface area contributed by atoms with Crippen LogP contribution < -0.4 is 11.1 Å². The Morgan fingerprint density at radius 3 is 2.83 bits per heavy atom. The van der Waals surface area contributed by atoms with Crippen LogP contribution >= 0.6 is 11.3 Å². The third kappa shape index (κ3) is 2.91. The molecule has 0 bridgehead atoms. The van der Waals surface area contributed by atoms with Crippen LogP contribution in [0.5, 0.6) is 0 Å². The lowest BCUT2D eigenvalue weighted by Crippen LogP contribution is -2.21. The average Bonchev–Trinajstić information content (AvgIpc) is 2.56. The Kier molecular flexibility index (Phi) is 3.73. The largest absolute Gasteiger partial charge is 0.397 e. The van der Waals surface area contributed by atoms with E-state index in [-0.39, 0.29) is 12.1 Å². The summed E-state index contributed by atoms with van der Waals surface area (Å²) in [7, 11) is 0. The molecule has 5 heteroatoms. The highest BCUT2D eigenvalue weighted by molar-refractivity contribution is 7.18. The molecule has 1 heterocycles.